The van der Waals surface area contributed by atoms with E-state index in [4.69, 9.17) is 21.1 Å². The Morgan fingerprint density at radius 1 is 1.00 bits per heavy atom. The maximum atomic E-state index is 6.22. The molecule has 27 heavy (non-hydrogen) atoms. The largest absolute Gasteiger partial charge is 0.493 e. The van der Waals surface area contributed by atoms with Crippen LogP contribution >= 0.6 is 11.6 Å². The van der Waals surface area contributed by atoms with Gasteiger partial charge in [0.1, 0.15) is 6.61 Å². The van der Waals surface area contributed by atoms with Crippen molar-refractivity contribution in [2.24, 2.45) is 5.10 Å². The van der Waals surface area contributed by atoms with Gasteiger partial charge in [-0.1, -0.05) is 53.6 Å². The highest BCUT2D eigenvalue weighted by Gasteiger charge is 2.10. The van der Waals surface area contributed by atoms with E-state index in [9.17, 15) is 0 Å². The lowest BCUT2D eigenvalue weighted by atomic mass is 10.2. The van der Waals surface area contributed by atoms with Crippen LogP contribution < -0.4 is 14.9 Å². The number of aryl methyl sites for hydroxylation is 1. The van der Waals surface area contributed by atoms with Crippen LogP contribution in [0.25, 0.3) is 0 Å². The van der Waals surface area contributed by atoms with Crippen LogP contribution in [-0.4, -0.2) is 13.3 Å². The summed E-state index contributed by atoms with van der Waals surface area (Å²) < 4.78 is 11.5. The molecule has 0 aliphatic heterocycles. The van der Waals surface area contributed by atoms with Gasteiger partial charge in [-0.15, -0.1) is 0 Å². The van der Waals surface area contributed by atoms with Crippen molar-refractivity contribution in [2.45, 2.75) is 13.5 Å². The summed E-state index contributed by atoms with van der Waals surface area (Å²) >= 11 is 6.22. The molecule has 0 radical (unpaired) electrons. The molecule has 3 aromatic carbocycles. The van der Waals surface area contributed by atoms with Crippen LogP contribution in [0, 0.1) is 6.92 Å². The van der Waals surface area contributed by atoms with E-state index in [1.54, 1.807) is 13.3 Å². The Kier molecular flexibility index (Phi) is 6.34. The van der Waals surface area contributed by atoms with E-state index in [0.717, 1.165) is 16.8 Å². The highest BCUT2D eigenvalue weighted by Crippen LogP contribution is 2.31. The van der Waals surface area contributed by atoms with Crippen LogP contribution in [0.2, 0.25) is 5.02 Å². The number of nitrogens with zero attached hydrogens (tertiary/aromatic N) is 1. The van der Waals surface area contributed by atoms with Crippen LogP contribution in [0.3, 0.4) is 0 Å². The molecule has 0 amide bonds. The summed E-state index contributed by atoms with van der Waals surface area (Å²) in [5, 5.41) is 4.98. The molecule has 0 atom stereocenters. The van der Waals surface area contributed by atoms with Crippen LogP contribution in [-0.2, 0) is 6.61 Å². The Morgan fingerprint density at radius 2 is 1.78 bits per heavy atom. The SMILES string of the molecule is COc1cccc(C=NNc2ccc(C)cc2)c1OCc1ccccc1Cl. The molecule has 1 N–H and O–H groups in total. The minimum absolute atomic E-state index is 0.340. The highest BCUT2D eigenvalue weighted by molar-refractivity contribution is 6.31. The molecule has 0 spiro atoms. The van der Waals surface area contributed by atoms with Crippen molar-refractivity contribution in [3.05, 3.63) is 88.4 Å². The molecule has 138 valence electrons. The first-order valence-corrected chi connectivity index (χ1v) is 8.94. The number of halogens is 1. The fourth-order valence-electron chi connectivity index (χ4n) is 2.52. The maximum Gasteiger partial charge on any atom is 0.170 e. The first-order valence-electron chi connectivity index (χ1n) is 8.56. The molecular formula is C22H21ClN2O2. The number of hydrogen-bond donors (Lipinski definition) is 1. The Balaban J connectivity index is 1.77. The Hall–Kier alpha value is -2.98. The molecule has 0 aliphatic carbocycles. The van der Waals surface area contributed by atoms with E-state index in [1.807, 2.05) is 73.7 Å². The van der Waals surface area contributed by atoms with Crippen LogP contribution in [0.5, 0.6) is 11.5 Å². The van der Waals surface area contributed by atoms with Crippen molar-refractivity contribution < 1.29 is 9.47 Å². The van der Waals surface area contributed by atoms with Gasteiger partial charge in [-0.3, -0.25) is 5.43 Å². The first-order chi connectivity index (χ1) is 13.2. The average molecular weight is 381 g/mol. The molecule has 0 bridgehead atoms. The van der Waals surface area contributed by atoms with E-state index in [0.29, 0.717) is 23.1 Å². The van der Waals surface area contributed by atoms with E-state index < -0.39 is 0 Å². The van der Waals surface area contributed by atoms with Gasteiger partial charge in [-0.2, -0.15) is 5.10 Å². The molecule has 0 saturated heterocycles. The van der Waals surface area contributed by atoms with Gasteiger partial charge in [0.2, 0.25) is 0 Å². The van der Waals surface area contributed by atoms with Gasteiger partial charge < -0.3 is 9.47 Å². The van der Waals surface area contributed by atoms with Gasteiger partial charge in [-0.05, 0) is 37.3 Å². The molecule has 0 saturated carbocycles. The van der Waals surface area contributed by atoms with Crippen LogP contribution in [0.4, 0.5) is 5.69 Å². The average Bonchev–Trinajstić information content (AvgIpc) is 2.69. The molecule has 3 rings (SSSR count). The van der Waals surface area contributed by atoms with Gasteiger partial charge in [0.05, 0.1) is 19.0 Å². The number of anilines is 1. The zero-order valence-corrected chi connectivity index (χ0v) is 16.0. The summed E-state index contributed by atoms with van der Waals surface area (Å²) in [5.41, 5.74) is 6.85. The summed E-state index contributed by atoms with van der Waals surface area (Å²) in [5.74, 6) is 1.26. The summed E-state index contributed by atoms with van der Waals surface area (Å²) in [7, 11) is 1.61. The minimum atomic E-state index is 0.340. The molecule has 0 aliphatic rings. The predicted molar refractivity (Wildman–Crippen MR) is 111 cm³/mol. The third kappa shape index (κ3) is 5.02. The Labute approximate surface area is 164 Å². The number of hydrazone groups is 1. The fourth-order valence-corrected chi connectivity index (χ4v) is 2.71. The van der Waals surface area contributed by atoms with Crippen molar-refractivity contribution in [2.75, 3.05) is 12.5 Å². The van der Waals surface area contributed by atoms with Gasteiger partial charge in [0.15, 0.2) is 11.5 Å². The smallest absolute Gasteiger partial charge is 0.170 e. The van der Waals surface area contributed by atoms with Crippen molar-refractivity contribution in [3.63, 3.8) is 0 Å². The second kappa shape index (κ2) is 9.10. The van der Waals surface area contributed by atoms with E-state index in [-0.39, 0.29) is 0 Å². The Morgan fingerprint density at radius 3 is 2.52 bits per heavy atom. The van der Waals surface area contributed by atoms with Gasteiger partial charge in [0.25, 0.3) is 0 Å². The van der Waals surface area contributed by atoms with Crippen molar-refractivity contribution in [1.29, 1.82) is 0 Å². The van der Waals surface area contributed by atoms with Gasteiger partial charge >= 0.3 is 0 Å². The Bertz CT molecular complexity index is 924. The van der Waals surface area contributed by atoms with Crippen molar-refractivity contribution in [1.82, 2.24) is 0 Å². The summed E-state index contributed by atoms with van der Waals surface area (Å²) in [6, 6.07) is 21.3. The van der Waals surface area contributed by atoms with Crippen LogP contribution in [0.1, 0.15) is 16.7 Å². The third-order valence-corrected chi connectivity index (χ3v) is 4.38. The lowest BCUT2D eigenvalue weighted by Gasteiger charge is -2.14. The molecule has 0 fully saturated rings. The summed E-state index contributed by atoms with van der Waals surface area (Å²) in [6.07, 6.45) is 1.71. The summed E-state index contributed by atoms with van der Waals surface area (Å²) in [6.45, 7) is 2.39. The topological polar surface area (TPSA) is 42.8 Å². The van der Waals surface area contributed by atoms with E-state index in [1.165, 1.54) is 5.56 Å². The number of rotatable bonds is 7. The second-order valence-electron chi connectivity index (χ2n) is 5.99. The minimum Gasteiger partial charge on any atom is -0.493 e. The first kappa shape index (κ1) is 18.8. The van der Waals surface area contributed by atoms with E-state index in [2.05, 4.69) is 10.5 Å². The number of nitrogens with one attached hydrogen (secondary N) is 1. The number of hydrogen-bond acceptors (Lipinski definition) is 4. The van der Waals surface area contributed by atoms with Gasteiger partial charge in [0, 0.05) is 16.1 Å². The summed E-state index contributed by atoms with van der Waals surface area (Å²) in [4.78, 5) is 0. The standard InChI is InChI=1S/C22H21ClN2O2/c1-16-10-12-19(13-11-16)25-24-14-17-7-5-9-21(26-2)22(17)27-15-18-6-3-4-8-20(18)23/h3-14,25H,15H2,1-2H3. The zero-order chi connectivity index (χ0) is 19.1. The number of para-hydroxylation sites is 1. The second-order valence-corrected chi connectivity index (χ2v) is 6.40. The van der Waals surface area contributed by atoms with Crippen molar-refractivity contribution >= 4 is 23.5 Å². The normalized spacial score (nSPS) is 10.8. The number of methoxy groups -OCH3 is 1. The van der Waals surface area contributed by atoms with E-state index >= 15 is 0 Å². The zero-order valence-electron chi connectivity index (χ0n) is 15.3. The fraction of sp³-hybridized carbons (Fsp3) is 0.136. The lowest BCUT2D eigenvalue weighted by Crippen LogP contribution is -2.02. The quantitative estimate of drug-likeness (QED) is 0.423. The van der Waals surface area contributed by atoms with Crippen LogP contribution in [0.15, 0.2) is 71.8 Å². The third-order valence-electron chi connectivity index (χ3n) is 4.01. The highest BCUT2D eigenvalue weighted by atomic mass is 35.5. The molecule has 0 heterocycles. The maximum absolute atomic E-state index is 6.22. The lowest BCUT2D eigenvalue weighted by molar-refractivity contribution is 0.284. The van der Waals surface area contributed by atoms with Gasteiger partial charge in [-0.25, -0.2) is 0 Å². The van der Waals surface area contributed by atoms with Crippen molar-refractivity contribution in [3.8, 4) is 11.5 Å². The predicted octanol–water partition coefficient (Wildman–Crippen LogP) is 5.68. The number of ether oxygens (including phenoxy) is 2. The molecule has 3 aromatic rings. The molecule has 5 heteroatoms. The molecule has 0 unspecified atom stereocenters. The molecule has 0 aromatic heterocycles. The molecule has 4 nitrogen and oxygen atoms in total. The monoisotopic (exact) mass is 380 g/mol. The molecular weight excluding hydrogens is 360 g/mol. The number of benzene rings is 3.